The molecule has 0 atom stereocenters. The van der Waals surface area contributed by atoms with E-state index in [1.165, 1.54) is 19.3 Å². The summed E-state index contributed by atoms with van der Waals surface area (Å²) in [7, 11) is 0. The van der Waals surface area contributed by atoms with Crippen LogP contribution in [0.2, 0.25) is 0 Å². The van der Waals surface area contributed by atoms with Crippen molar-refractivity contribution in [2.24, 2.45) is 5.41 Å². The molecule has 1 amide bonds. The topological polar surface area (TPSA) is 64.0 Å². The number of ketones is 1. The van der Waals surface area contributed by atoms with E-state index in [0.717, 1.165) is 36.2 Å². The van der Waals surface area contributed by atoms with E-state index in [2.05, 4.69) is 24.3 Å². The van der Waals surface area contributed by atoms with Gasteiger partial charge in [0.1, 0.15) is 6.54 Å². The Hall–Kier alpha value is -1.65. The van der Waals surface area contributed by atoms with Crippen molar-refractivity contribution in [2.75, 3.05) is 0 Å². The van der Waals surface area contributed by atoms with Gasteiger partial charge < -0.3 is 5.32 Å². The van der Waals surface area contributed by atoms with Gasteiger partial charge in [-0.15, -0.1) is 0 Å². The molecule has 1 saturated carbocycles. The minimum atomic E-state index is -0.0614. The number of hydrogen-bond acceptors (Lipinski definition) is 3. The molecule has 23 heavy (non-hydrogen) atoms. The predicted molar refractivity (Wildman–Crippen MR) is 88.4 cm³/mol. The summed E-state index contributed by atoms with van der Waals surface area (Å²) in [5.41, 5.74) is 2.37. The van der Waals surface area contributed by atoms with Crippen LogP contribution in [-0.2, 0) is 17.8 Å². The van der Waals surface area contributed by atoms with Gasteiger partial charge >= 0.3 is 0 Å². The van der Waals surface area contributed by atoms with Crippen molar-refractivity contribution < 1.29 is 9.59 Å². The largest absolute Gasteiger partial charge is 0.352 e. The third-order valence-electron chi connectivity index (χ3n) is 5.06. The molecule has 5 heteroatoms. The van der Waals surface area contributed by atoms with Crippen LogP contribution in [0.4, 0.5) is 0 Å². The second kappa shape index (κ2) is 6.10. The Labute approximate surface area is 137 Å². The molecule has 0 saturated heterocycles. The molecule has 5 nitrogen and oxygen atoms in total. The molecule has 2 aliphatic carbocycles. The van der Waals surface area contributed by atoms with Gasteiger partial charge in [-0.2, -0.15) is 5.10 Å². The maximum atomic E-state index is 12.4. The molecule has 1 fully saturated rings. The Morgan fingerprint density at radius 3 is 2.65 bits per heavy atom. The number of Topliss-reactive ketones (excluding diaryl/α,β-unsaturated/α-hetero) is 1. The lowest BCUT2D eigenvalue weighted by Gasteiger charge is -2.29. The molecule has 1 aromatic heterocycles. The first-order valence-corrected chi connectivity index (χ1v) is 8.74. The van der Waals surface area contributed by atoms with E-state index in [-0.39, 0.29) is 23.7 Å². The SMILES string of the molecule is Cc1nn(CC(=O)NC2CCCCC2)c2c1C(=O)CC(C)(C)C2. The van der Waals surface area contributed by atoms with Gasteiger partial charge in [0.05, 0.1) is 17.0 Å². The molecule has 1 aromatic rings. The quantitative estimate of drug-likeness (QED) is 0.932. The van der Waals surface area contributed by atoms with Crippen LogP contribution in [0, 0.1) is 12.3 Å². The van der Waals surface area contributed by atoms with Gasteiger partial charge in [0.2, 0.25) is 5.91 Å². The zero-order chi connectivity index (χ0) is 16.6. The second-order valence-electron chi connectivity index (χ2n) is 7.91. The zero-order valence-corrected chi connectivity index (χ0v) is 14.4. The summed E-state index contributed by atoms with van der Waals surface area (Å²) < 4.78 is 1.75. The third kappa shape index (κ3) is 3.48. The summed E-state index contributed by atoms with van der Waals surface area (Å²) in [6.07, 6.45) is 7.18. The first kappa shape index (κ1) is 16.2. The Balaban J connectivity index is 1.75. The van der Waals surface area contributed by atoms with E-state index < -0.39 is 0 Å². The summed E-state index contributed by atoms with van der Waals surface area (Å²) >= 11 is 0. The number of nitrogens with zero attached hydrogens (tertiary/aromatic N) is 2. The van der Waals surface area contributed by atoms with Gasteiger partial charge in [-0.25, -0.2) is 0 Å². The van der Waals surface area contributed by atoms with Crippen LogP contribution in [0.3, 0.4) is 0 Å². The molecule has 1 heterocycles. The molecule has 0 radical (unpaired) electrons. The number of aromatic nitrogens is 2. The number of carbonyl (C=O) groups is 2. The number of fused-ring (bicyclic) bond motifs is 1. The van der Waals surface area contributed by atoms with E-state index in [0.29, 0.717) is 12.5 Å². The first-order chi connectivity index (χ1) is 10.9. The van der Waals surface area contributed by atoms with E-state index >= 15 is 0 Å². The van der Waals surface area contributed by atoms with Crippen LogP contribution in [0.5, 0.6) is 0 Å². The standard InChI is InChI=1S/C18H27N3O2/c1-12-17-14(9-18(2,3)10-15(17)22)21(20-12)11-16(23)19-13-7-5-4-6-8-13/h13H,4-11H2,1-3H3,(H,19,23). The van der Waals surface area contributed by atoms with E-state index in [1.54, 1.807) is 4.68 Å². The van der Waals surface area contributed by atoms with Gasteiger partial charge in [0.25, 0.3) is 0 Å². The summed E-state index contributed by atoms with van der Waals surface area (Å²) in [5, 5.41) is 7.61. The molecule has 1 N–H and O–H groups in total. The highest BCUT2D eigenvalue weighted by atomic mass is 16.2. The highest BCUT2D eigenvalue weighted by Crippen LogP contribution is 2.35. The van der Waals surface area contributed by atoms with Crippen molar-refractivity contribution in [2.45, 2.75) is 78.3 Å². The minimum Gasteiger partial charge on any atom is -0.352 e. The normalized spacial score (nSPS) is 21.1. The molecule has 0 bridgehead atoms. The molecule has 0 spiro atoms. The van der Waals surface area contributed by atoms with E-state index in [9.17, 15) is 9.59 Å². The van der Waals surface area contributed by atoms with Gasteiger partial charge in [-0.1, -0.05) is 33.1 Å². The van der Waals surface area contributed by atoms with Gasteiger partial charge in [-0.05, 0) is 31.6 Å². The van der Waals surface area contributed by atoms with E-state index in [4.69, 9.17) is 0 Å². The molecular formula is C18H27N3O2. The first-order valence-electron chi connectivity index (χ1n) is 8.74. The van der Waals surface area contributed by atoms with Crippen molar-refractivity contribution in [1.82, 2.24) is 15.1 Å². The summed E-state index contributed by atoms with van der Waals surface area (Å²) in [4.78, 5) is 24.7. The zero-order valence-electron chi connectivity index (χ0n) is 14.4. The highest BCUT2D eigenvalue weighted by Gasteiger charge is 2.35. The molecule has 126 valence electrons. The molecule has 3 rings (SSSR count). The maximum Gasteiger partial charge on any atom is 0.241 e. The van der Waals surface area contributed by atoms with Crippen LogP contribution >= 0.6 is 0 Å². The van der Waals surface area contributed by atoms with Gasteiger partial charge in [0, 0.05) is 12.5 Å². The molecule has 2 aliphatic rings. The van der Waals surface area contributed by atoms with Crippen molar-refractivity contribution >= 4 is 11.7 Å². The average molecular weight is 317 g/mol. The Morgan fingerprint density at radius 1 is 1.26 bits per heavy atom. The number of amides is 1. The molecule has 0 aromatic carbocycles. The summed E-state index contributed by atoms with van der Waals surface area (Å²) in [6, 6.07) is 0.307. The molecular weight excluding hydrogens is 290 g/mol. The Kier molecular flexibility index (Phi) is 4.30. The van der Waals surface area contributed by atoms with Crippen molar-refractivity contribution in [3.8, 4) is 0 Å². The number of carbonyl (C=O) groups excluding carboxylic acids is 2. The summed E-state index contributed by atoms with van der Waals surface area (Å²) in [5.74, 6) is 0.172. The number of hydrogen-bond donors (Lipinski definition) is 1. The predicted octanol–water partition coefficient (Wildman–Crippen LogP) is 2.80. The molecule has 0 unspecified atom stereocenters. The number of rotatable bonds is 3. The number of aryl methyl sites for hydroxylation is 1. The third-order valence-corrected chi connectivity index (χ3v) is 5.06. The molecule has 0 aliphatic heterocycles. The minimum absolute atomic E-state index is 0.0121. The van der Waals surface area contributed by atoms with Crippen molar-refractivity contribution in [3.05, 3.63) is 17.0 Å². The van der Waals surface area contributed by atoms with Crippen LogP contribution in [0.1, 0.15) is 74.1 Å². The highest BCUT2D eigenvalue weighted by molar-refractivity contribution is 5.99. The monoisotopic (exact) mass is 317 g/mol. The van der Waals surface area contributed by atoms with E-state index in [1.807, 2.05) is 6.92 Å². The fourth-order valence-electron chi connectivity index (χ4n) is 4.00. The fraction of sp³-hybridized carbons (Fsp3) is 0.722. The van der Waals surface area contributed by atoms with Crippen LogP contribution in [0.15, 0.2) is 0 Å². The van der Waals surface area contributed by atoms with Gasteiger partial charge in [-0.3, -0.25) is 14.3 Å². The fourth-order valence-corrected chi connectivity index (χ4v) is 4.00. The van der Waals surface area contributed by atoms with Crippen LogP contribution < -0.4 is 5.32 Å². The lowest BCUT2D eigenvalue weighted by molar-refractivity contribution is -0.122. The van der Waals surface area contributed by atoms with Crippen molar-refractivity contribution in [3.63, 3.8) is 0 Å². The average Bonchev–Trinajstić information content (AvgIpc) is 2.74. The van der Waals surface area contributed by atoms with Gasteiger partial charge in [0.15, 0.2) is 5.78 Å². The van der Waals surface area contributed by atoms with Crippen LogP contribution in [-0.4, -0.2) is 27.5 Å². The van der Waals surface area contributed by atoms with Crippen molar-refractivity contribution in [1.29, 1.82) is 0 Å². The Morgan fingerprint density at radius 2 is 1.96 bits per heavy atom. The lowest BCUT2D eigenvalue weighted by atomic mass is 9.75. The Bertz CT molecular complexity index is 624. The smallest absolute Gasteiger partial charge is 0.241 e. The second-order valence-corrected chi connectivity index (χ2v) is 7.91. The maximum absolute atomic E-state index is 12.4. The lowest BCUT2D eigenvalue weighted by Crippen LogP contribution is -2.39. The van der Waals surface area contributed by atoms with Crippen LogP contribution in [0.25, 0.3) is 0 Å². The number of nitrogens with one attached hydrogen (secondary N) is 1. The summed E-state index contributed by atoms with van der Waals surface area (Å²) in [6.45, 7) is 6.28.